The zero-order chi connectivity index (χ0) is 25.2. The fourth-order valence-corrected chi connectivity index (χ4v) is 5.66. The SMILES string of the molecule is CCCCCCCCCCCCCCCCCCN1C=CN(CCCCCCC)C1CCCCC. The maximum absolute atomic E-state index is 2.67. The van der Waals surface area contributed by atoms with Crippen molar-refractivity contribution in [3.8, 4) is 0 Å². The molecule has 35 heavy (non-hydrogen) atoms. The van der Waals surface area contributed by atoms with E-state index < -0.39 is 0 Å². The Bertz CT molecular complexity index is 446. The van der Waals surface area contributed by atoms with E-state index in [-0.39, 0.29) is 0 Å². The van der Waals surface area contributed by atoms with E-state index >= 15 is 0 Å². The van der Waals surface area contributed by atoms with Crippen LogP contribution in [0.5, 0.6) is 0 Å². The van der Waals surface area contributed by atoms with Gasteiger partial charge >= 0.3 is 0 Å². The van der Waals surface area contributed by atoms with Gasteiger partial charge in [0.05, 0.1) is 0 Å². The zero-order valence-corrected chi connectivity index (χ0v) is 24.7. The minimum absolute atomic E-state index is 0.643. The summed E-state index contributed by atoms with van der Waals surface area (Å²) in [5.74, 6) is 0. The van der Waals surface area contributed by atoms with Gasteiger partial charge in [-0.3, -0.25) is 0 Å². The zero-order valence-electron chi connectivity index (χ0n) is 24.7. The summed E-state index contributed by atoms with van der Waals surface area (Å²) in [6.45, 7) is 9.46. The summed E-state index contributed by atoms with van der Waals surface area (Å²) >= 11 is 0. The fourth-order valence-electron chi connectivity index (χ4n) is 5.66. The van der Waals surface area contributed by atoms with E-state index in [4.69, 9.17) is 0 Å². The number of unbranched alkanes of at least 4 members (excludes halogenated alkanes) is 21. The summed E-state index contributed by atoms with van der Waals surface area (Å²) in [5.41, 5.74) is 0. The molecule has 1 heterocycles. The maximum atomic E-state index is 2.67. The van der Waals surface area contributed by atoms with Gasteiger partial charge in [-0.2, -0.15) is 0 Å². The Morgan fingerprint density at radius 1 is 0.371 bits per heavy atom. The molecule has 1 unspecified atom stereocenters. The molecule has 1 aliphatic heterocycles. The lowest BCUT2D eigenvalue weighted by atomic mass is 10.0. The average molecular weight is 491 g/mol. The molecule has 1 aliphatic rings. The summed E-state index contributed by atoms with van der Waals surface area (Å²) in [6, 6.07) is 0. The molecule has 208 valence electrons. The molecular formula is C33H66N2. The number of hydrogen-bond donors (Lipinski definition) is 0. The Labute approximate surface area is 222 Å². The molecule has 0 aromatic rings. The van der Waals surface area contributed by atoms with Crippen LogP contribution in [0.15, 0.2) is 12.4 Å². The van der Waals surface area contributed by atoms with Crippen LogP contribution in [0.2, 0.25) is 0 Å². The maximum Gasteiger partial charge on any atom is 0.101 e. The van der Waals surface area contributed by atoms with Gasteiger partial charge in [0.15, 0.2) is 0 Å². The molecule has 1 atom stereocenters. The van der Waals surface area contributed by atoms with E-state index in [2.05, 4.69) is 43.0 Å². The third-order valence-electron chi connectivity index (χ3n) is 8.07. The number of rotatable bonds is 27. The molecule has 1 rings (SSSR count). The first kappa shape index (κ1) is 32.4. The molecule has 0 aromatic carbocycles. The van der Waals surface area contributed by atoms with Crippen LogP contribution in [0.4, 0.5) is 0 Å². The normalized spacial score (nSPS) is 15.6. The first-order valence-electron chi connectivity index (χ1n) is 16.5. The van der Waals surface area contributed by atoms with E-state index in [1.165, 1.54) is 174 Å². The van der Waals surface area contributed by atoms with Crippen molar-refractivity contribution in [3.63, 3.8) is 0 Å². The summed E-state index contributed by atoms with van der Waals surface area (Å²) in [4.78, 5) is 5.33. The molecule has 0 amide bonds. The first-order valence-corrected chi connectivity index (χ1v) is 16.5. The minimum atomic E-state index is 0.643. The lowest BCUT2D eigenvalue weighted by Gasteiger charge is -2.33. The van der Waals surface area contributed by atoms with Crippen LogP contribution in [-0.2, 0) is 0 Å². The van der Waals surface area contributed by atoms with E-state index in [9.17, 15) is 0 Å². The predicted molar refractivity (Wildman–Crippen MR) is 159 cm³/mol. The third-order valence-corrected chi connectivity index (χ3v) is 8.07. The van der Waals surface area contributed by atoms with Gasteiger partial charge < -0.3 is 9.80 Å². The van der Waals surface area contributed by atoms with E-state index in [0.717, 1.165) is 0 Å². The van der Waals surface area contributed by atoms with Gasteiger partial charge in [-0.15, -0.1) is 0 Å². The quantitative estimate of drug-likeness (QED) is 0.106. The third kappa shape index (κ3) is 18.3. The lowest BCUT2D eigenvalue weighted by molar-refractivity contribution is 0.135. The van der Waals surface area contributed by atoms with Crippen molar-refractivity contribution in [3.05, 3.63) is 12.4 Å². The van der Waals surface area contributed by atoms with Gasteiger partial charge in [0.2, 0.25) is 0 Å². The monoisotopic (exact) mass is 491 g/mol. The second-order valence-electron chi connectivity index (χ2n) is 11.5. The van der Waals surface area contributed by atoms with Crippen molar-refractivity contribution in [1.29, 1.82) is 0 Å². The molecule has 0 spiro atoms. The molecule has 0 saturated heterocycles. The molecule has 2 heteroatoms. The molecule has 0 radical (unpaired) electrons. The van der Waals surface area contributed by atoms with E-state index in [1.807, 2.05) is 0 Å². The molecular weight excluding hydrogens is 424 g/mol. The van der Waals surface area contributed by atoms with Crippen molar-refractivity contribution in [1.82, 2.24) is 9.80 Å². The topological polar surface area (TPSA) is 6.48 Å². The predicted octanol–water partition coefficient (Wildman–Crippen LogP) is 11.2. The highest BCUT2D eigenvalue weighted by Gasteiger charge is 2.24. The van der Waals surface area contributed by atoms with Gasteiger partial charge in [-0.25, -0.2) is 0 Å². The second kappa shape index (κ2) is 25.0. The Hall–Kier alpha value is -0.660. The Morgan fingerprint density at radius 2 is 0.657 bits per heavy atom. The van der Waals surface area contributed by atoms with Gasteiger partial charge in [0.1, 0.15) is 6.17 Å². The van der Waals surface area contributed by atoms with Crippen molar-refractivity contribution >= 4 is 0 Å². The van der Waals surface area contributed by atoms with Gasteiger partial charge in [0.25, 0.3) is 0 Å². The van der Waals surface area contributed by atoms with Crippen molar-refractivity contribution in [2.24, 2.45) is 0 Å². The van der Waals surface area contributed by atoms with Gasteiger partial charge in [-0.1, -0.05) is 156 Å². The van der Waals surface area contributed by atoms with Crippen molar-refractivity contribution in [2.75, 3.05) is 13.1 Å². The van der Waals surface area contributed by atoms with Gasteiger partial charge in [0, 0.05) is 25.5 Å². The number of hydrogen-bond acceptors (Lipinski definition) is 2. The van der Waals surface area contributed by atoms with E-state index in [0.29, 0.717) is 6.17 Å². The fraction of sp³-hybridized carbons (Fsp3) is 0.939. The lowest BCUT2D eigenvalue weighted by Crippen LogP contribution is -2.39. The molecule has 0 fully saturated rings. The summed E-state index contributed by atoms with van der Waals surface area (Å²) in [5, 5.41) is 0. The standard InChI is InChI=1S/C33H66N2/c1-4-7-10-12-13-14-15-16-17-18-19-20-21-22-24-27-30-35-32-31-34(29-26-23-11-8-5-2)33(35)28-25-9-6-3/h31-33H,4-30H2,1-3H3. The van der Waals surface area contributed by atoms with Crippen LogP contribution in [0.3, 0.4) is 0 Å². The Balaban J connectivity index is 2.01. The highest BCUT2D eigenvalue weighted by Crippen LogP contribution is 2.23. The molecule has 2 nitrogen and oxygen atoms in total. The molecule has 0 N–H and O–H groups in total. The highest BCUT2D eigenvalue weighted by atomic mass is 15.4. The molecule has 0 aliphatic carbocycles. The highest BCUT2D eigenvalue weighted by molar-refractivity contribution is 4.96. The van der Waals surface area contributed by atoms with Crippen LogP contribution in [0.1, 0.15) is 181 Å². The van der Waals surface area contributed by atoms with Crippen LogP contribution in [-0.4, -0.2) is 29.1 Å². The largest absolute Gasteiger partial charge is 0.356 e. The summed E-state index contributed by atoms with van der Waals surface area (Å²) < 4.78 is 0. The summed E-state index contributed by atoms with van der Waals surface area (Å²) in [7, 11) is 0. The van der Waals surface area contributed by atoms with Crippen LogP contribution >= 0.6 is 0 Å². The van der Waals surface area contributed by atoms with Crippen LogP contribution in [0.25, 0.3) is 0 Å². The molecule has 0 bridgehead atoms. The second-order valence-corrected chi connectivity index (χ2v) is 11.5. The minimum Gasteiger partial charge on any atom is -0.356 e. The molecule has 0 saturated carbocycles. The molecule has 0 aromatic heterocycles. The van der Waals surface area contributed by atoms with Gasteiger partial charge in [-0.05, 0) is 25.7 Å². The first-order chi connectivity index (χ1) is 17.3. The van der Waals surface area contributed by atoms with Crippen LogP contribution in [0, 0.1) is 0 Å². The van der Waals surface area contributed by atoms with E-state index in [1.54, 1.807) is 0 Å². The average Bonchev–Trinajstić information content (AvgIpc) is 3.25. The smallest absolute Gasteiger partial charge is 0.101 e. The summed E-state index contributed by atoms with van der Waals surface area (Å²) in [6.07, 6.45) is 41.0. The van der Waals surface area contributed by atoms with Crippen LogP contribution < -0.4 is 0 Å². The number of nitrogens with zero attached hydrogens (tertiary/aromatic N) is 2. The Kier molecular flexibility index (Phi) is 23.1. The van der Waals surface area contributed by atoms with Crippen molar-refractivity contribution in [2.45, 2.75) is 187 Å². The van der Waals surface area contributed by atoms with Crippen molar-refractivity contribution < 1.29 is 0 Å². The Morgan fingerprint density at radius 3 is 1.00 bits per heavy atom.